The molecule has 3 aromatic carbocycles. The van der Waals surface area contributed by atoms with Crippen molar-refractivity contribution in [3.8, 4) is 0 Å². The third-order valence-corrected chi connectivity index (χ3v) is 44.5. The van der Waals surface area contributed by atoms with Gasteiger partial charge in [-0.15, -0.1) is 0 Å². The van der Waals surface area contributed by atoms with Gasteiger partial charge in [-0.05, 0) is 94.2 Å². The lowest BCUT2D eigenvalue weighted by molar-refractivity contribution is 0.371. The molecule has 0 aliphatic rings. The molecule has 0 saturated carbocycles. The molecule has 392 valence electrons. The van der Waals surface area contributed by atoms with Gasteiger partial charge in [-0.25, -0.2) is 0 Å². The summed E-state index contributed by atoms with van der Waals surface area (Å²) in [7, 11) is -7.63. The summed E-state index contributed by atoms with van der Waals surface area (Å²) in [6, 6.07) is 36.4. The first-order valence-corrected chi connectivity index (χ1v) is 50.5. The molecule has 0 spiro atoms. The van der Waals surface area contributed by atoms with Crippen molar-refractivity contribution in [3.63, 3.8) is 0 Å². The van der Waals surface area contributed by atoms with Crippen LogP contribution in [0.15, 0.2) is 72.8 Å². The van der Waals surface area contributed by atoms with Crippen LogP contribution in [0.25, 0.3) is 0 Å². The zero-order chi connectivity index (χ0) is 52.4. The number of hydrogen-bond acceptors (Lipinski definition) is 3. The van der Waals surface area contributed by atoms with Gasteiger partial charge in [0.05, 0.1) is 16.1 Å². The Morgan fingerprint density at radius 1 is 0.449 bits per heavy atom. The van der Waals surface area contributed by atoms with Crippen LogP contribution in [0.1, 0.15) is 142 Å². The molecule has 0 N–H and O–H groups in total. The van der Waals surface area contributed by atoms with Crippen molar-refractivity contribution in [1.29, 1.82) is 0 Å². The van der Waals surface area contributed by atoms with E-state index in [0.29, 0.717) is 5.04 Å². The van der Waals surface area contributed by atoms with Gasteiger partial charge in [-0.3, -0.25) is 0 Å². The second kappa shape index (κ2) is 25.4. The smallest absolute Gasteiger partial charge is 0.190 e. The third kappa shape index (κ3) is 17.6. The first-order chi connectivity index (χ1) is 31.6. The molecule has 0 fully saturated rings. The number of unbranched alkanes of at least 4 members (excludes halogenated alkanes) is 4. The Hall–Kier alpha value is -0.379. The lowest BCUT2D eigenvalue weighted by atomic mass is 9.68. The van der Waals surface area contributed by atoms with Crippen LogP contribution in [-0.4, -0.2) is 65.6 Å². The molecule has 3 unspecified atom stereocenters. The lowest BCUT2D eigenvalue weighted by Crippen LogP contribution is -2.49. The third-order valence-electron chi connectivity index (χ3n) is 17.3. The molecule has 0 aromatic heterocycles. The molecule has 3 aromatic rings. The van der Waals surface area contributed by atoms with Crippen molar-refractivity contribution >= 4 is 79.8 Å². The van der Waals surface area contributed by atoms with E-state index in [1.165, 1.54) is 99.4 Å². The van der Waals surface area contributed by atoms with Gasteiger partial charge in [-0.1, -0.05) is 262 Å². The van der Waals surface area contributed by atoms with Crippen molar-refractivity contribution in [1.82, 2.24) is 0 Å². The lowest BCUT2D eigenvalue weighted by Gasteiger charge is -2.45. The monoisotopic (exact) mass is 1080 g/mol. The van der Waals surface area contributed by atoms with Crippen LogP contribution in [-0.2, 0) is 15.3 Å². The molecule has 0 aliphatic carbocycles. The Labute approximate surface area is 444 Å². The maximum atomic E-state index is 6.98. The second-order valence-electron chi connectivity index (χ2n) is 27.9. The fourth-order valence-electron chi connectivity index (χ4n) is 10.8. The molecule has 3 rings (SSSR count). The van der Waals surface area contributed by atoms with Gasteiger partial charge in [-0.2, -0.15) is 22.4 Å². The standard InChI is InChI=1S/C60H110OS2Si6/c1-23-25-27-42-59(49-66(16,17)46-30-44-62-64(10,11)12,51-34-38-55(39-35-51)67(18,19)57(3,4)5)53-32-29-33-54(48-53)60(43-28-26-24-2,50-69(22,61-9)47-31-45-63-65(13,14)15)52-36-40-56(41-37-52)68(20,21)58(6,7)8/h29,32-41,48H,23-28,30-31,42-47,49-50H2,1-22H3. The Bertz CT molecular complexity index is 1990. The number of hydrogen-bond donors (Lipinski definition) is 0. The first kappa shape index (κ1) is 62.9. The summed E-state index contributed by atoms with van der Waals surface area (Å²) in [6.07, 6.45) is 12.5. The summed E-state index contributed by atoms with van der Waals surface area (Å²) in [5, 5.41) is 3.75. The zero-order valence-corrected chi connectivity index (χ0v) is 57.1. The van der Waals surface area contributed by atoms with E-state index in [1.54, 1.807) is 27.1 Å². The van der Waals surface area contributed by atoms with E-state index < -0.39 is 47.0 Å². The van der Waals surface area contributed by atoms with Gasteiger partial charge >= 0.3 is 0 Å². The Kier molecular flexibility index (Phi) is 23.2. The highest BCUT2D eigenvalue weighted by atomic mass is 32.4. The summed E-state index contributed by atoms with van der Waals surface area (Å²) in [5.74, 6) is 2.57. The zero-order valence-electron chi connectivity index (χ0n) is 49.5. The first-order valence-electron chi connectivity index (χ1n) is 27.8. The summed E-state index contributed by atoms with van der Waals surface area (Å²) in [6.45, 7) is 53.1. The van der Waals surface area contributed by atoms with Crippen LogP contribution in [0.4, 0.5) is 0 Å². The average molecular weight is 1080 g/mol. The normalized spacial score (nSPS) is 16.3. The van der Waals surface area contributed by atoms with Crippen LogP contribution >= 0.6 is 22.4 Å². The van der Waals surface area contributed by atoms with Crippen LogP contribution in [0.2, 0.25) is 119 Å². The quantitative estimate of drug-likeness (QED) is 0.0506. The van der Waals surface area contributed by atoms with E-state index in [-0.39, 0.29) is 15.9 Å². The fourth-order valence-corrected chi connectivity index (χ4v) is 28.2. The largest absolute Gasteiger partial charge is 0.420 e. The summed E-state index contributed by atoms with van der Waals surface area (Å²) in [5.41, 5.74) is 6.04. The van der Waals surface area contributed by atoms with E-state index in [4.69, 9.17) is 4.43 Å². The molecule has 1 nitrogen and oxygen atoms in total. The molecule has 0 radical (unpaired) electrons. The second-order valence-corrected chi connectivity index (χ2v) is 66.8. The highest BCUT2D eigenvalue weighted by molar-refractivity contribution is 8.28. The predicted octanol–water partition coefficient (Wildman–Crippen LogP) is 19.7. The van der Waals surface area contributed by atoms with E-state index in [0.717, 1.165) is 6.04 Å². The van der Waals surface area contributed by atoms with E-state index in [2.05, 4.69) is 243 Å². The molecule has 0 saturated heterocycles. The Balaban J connectivity index is 2.50. The average Bonchev–Trinajstić information content (AvgIpc) is 3.25. The number of rotatable bonds is 29. The van der Waals surface area contributed by atoms with Gasteiger partial charge in [0, 0.05) is 26.0 Å². The maximum Gasteiger partial charge on any atom is 0.190 e. The van der Waals surface area contributed by atoms with E-state index in [9.17, 15) is 0 Å². The van der Waals surface area contributed by atoms with E-state index in [1.807, 2.05) is 0 Å². The predicted molar refractivity (Wildman–Crippen MR) is 339 cm³/mol. The minimum absolute atomic E-state index is 0.0454. The van der Waals surface area contributed by atoms with Crippen molar-refractivity contribution in [2.75, 3.05) is 18.6 Å². The van der Waals surface area contributed by atoms with Crippen molar-refractivity contribution in [3.05, 3.63) is 95.1 Å². The minimum atomic E-state index is -2.20. The van der Waals surface area contributed by atoms with Crippen molar-refractivity contribution in [2.45, 2.75) is 250 Å². The molecule has 3 atom stereocenters. The van der Waals surface area contributed by atoms with Crippen LogP contribution in [0.5, 0.6) is 0 Å². The highest BCUT2D eigenvalue weighted by Crippen LogP contribution is 2.50. The van der Waals surface area contributed by atoms with Crippen molar-refractivity contribution < 1.29 is 4.43 Å². The fraction of sp³-hybridized carbons (Fsp3) is 0.700. The van der Waals surface area contributed by atoms with Crippen LogP contribution in [0, 0.1) is 0 Å². The molecule has 0 bridgehead atoms. The molecular formula is C60H110OS2Si6. The molecule has 0 amide bonds. The van der Waals surface area contributed by atoms with Crippen LogP contribution in [0.3, 0.4) is 0 Å². The molecule has 0 aliphatic heterocycles. The van der Waals surface area contributed by atoms with Gasteiger partial charge in [0.2, 0.25) is 0 Å². The Morgan fingerprint density at radius 2 is 0.826 bits per heavy atom. The minimum Gasteiger partial charge on any atom is -0.420 e. The molecule has 9 heteroatoms. The summed E-state index contributed by atoms with van der Waals surface area (Å²) >= 11 is 4.55. The van der Waals surface area contributed by atoms with Gasteiger partial charge in [0.25, 0.3) is 0 Å². The highest BCUT2D eigenvalue weighted by Gasteiger charge is 2.46. The summed E-state index contributed by atoms with van der Waals surface area (Å²) in [4.78, 5) is 0. The molecule has 0 heterocycles. The van der Waals surface area contributed by atoms with Crippen molar-refractivity contribution in [2.24, 2.45) is 0 Å². The maximum absolute atomic E-state index is 6.98. The molecule has 69 heavy (non-hydrogen) atoms. The molecular weight excluding hydrogens is 969 g/mol. The number of benzene rings is 3. The summed E-state index contributed by atoms with van der Waals surface area (Å²) < 4.78 is 6.98. The Morgan fingerprint density at radius 3 is 1.17 bits per heavy atom. The van der Waals surface area contributed by atoms with Gasteiger partial charge < -0.3 is 4.43 Å². The topological polar surface area (TPSA) is 9.23 Å². The van der Waals surface area contributed by atoms with E-state index >= 15 is 0 Å². The van der Waals surface area contributed by atoms with Gasteiger partial charge in [0.15, 0.2) is 8.32 Å². The SMILES string of the molecule is CCCCCC(C[Si](C)(C)CCCS[Si](C)(C)C)(c1ccc([Si](C)(C)C(C)(C)C)cc1)c1cccc(C(CCCCC)(C[Si](C)(CCCS[Si](C)(C)C)OC)c2ccc([Si](C)(C)C(C)(C)C)cc2)c1. The van der Waals surface area contributed by atoms with Gasteiger partial charge in [0.1, 0.15) is 14.4 Å². The van der Waals surface area contributed by atoms with Crippen LogP contribution < -0.4 is 10.4 Å².